The Morgan fingerprint density at radius 2 is 1.59 bits per heavy atom. The first kappa shape index (κ1) is 26.0. The Labute approximate surface area is 203 Å². The second kappa shape index (κ2) is 13.4. The molecule has 2 aliphatic carbocycles. The molecule has 1 amide bonds. The molecule has 3 rings (SSSR count). The van der Waals surface area contributed by atoms with Crippen molar-refractivity contribution in [3.05, 3.63) is 23.8 Å². The van der Waals surface area contributed by atoms with E-state index in [0.717, 1.165) is 37.7 Å². The van der Waals surface area contributed by atoms with E-state index in [0.29, 0.717) is 29.8 Å². The predicted octanol–water partition coefficient (Wildman–Crippen LogP) is 4.56. The molecule has 0 heterocycles. The number of aliphatic imine (C=N–C) groups is 1. The molecule has 0 aliphatic heterocycles. The zero-order valence-corrected chi connectivity index (χ0v) is 20.8. The summed E-state index contributed by atoms with van der Waals surface area (Å²) in [6.45, 7) is 0. The number of hydrogen-bond acceptors (Lipinski definition) is 5. The van der Waals surface area contributed by atoms with Crippen molar-refractivity contribution in [3.63, 3.8) is 0 Å². The van der Waals surface area contributed by atoms with Crippen LogP contribution in [-0.4, -0.2) is 37.9 Å². The van der Waals surface area contributed by atoms with Gasteiger partial charge < -0.3 is 15.2 Å². The summed E-state index contributed by atoms with van der Waals surface area (Å²) >= 11 is 0. The van der Waals surface area contributed by atoms with E-state index < -0.39 is 6.04 Å². The summed E-state index contributed by atoms with van der Waals surface area (Å²) < 4.78 is 10.6. The summed E-state index contributed by atoms with van der Waals surface area (Å²) in [4.78, 5) is 30.4. The molecule has 0 radical (unpaired) electrons. The summed E-state index contributed by atoms with van der Waals surface area (Å²) in [5, 5.41) is 2.69. The Morgan fingerprint density at radius 1 is 0.971 bits per heavy atom. The molecule has 2 aliphatic rings. The Balaban J connectivity index is 1.63. The normalized spacial score (nSPS) is 18.8. The van der Waals surface area contributed by atoms with Gasteiger partial charge >= 0.3 is 0 Å². The number of rotatable bonds is 10. The van der Waals surface area contributed by atoms with E-state index in [1.165, 1.54) is 38.5 Å². The van der Waals surface area contributed by atoms with Crippen molar-refractivity contribution in [3.8, 4) is 11.5 Å². The molecule has 2 saturated carbocycles. The van der Waals surface area contributed by atoms with E-state index in [1.807, 2.05) is 6.07 Å². The van der Waals surface area contributed by atoms with Crippen molar-refractivity contribution in [1.29, 1.82) is 0 Å². The minimum absolute atomic E-state index is 0.0308. The molecule has 2 fully saturated rings. The van der Waals surface area contributed by atoms with Crippen LogP contribution >= 0.6 is 0 Å². The van der Waals surface area contributed by atoms with Crippen LogP contribution in [0.3, 0.4) is 0 Å². The number of ether oxygens (including phenoxy) is 2. The molecule has 1 atom stereocenters. The third-order valence-corrected chi connectivity index (χ3v) is 7.24. The SMILES string of the molecule is COc1ccc(CC(=O)NC(N)=N[C@H](CC2CCCCC2)C(=O)CC2CCCCC2)cc1OC. The smallest absolute Gasteiger partial charge is 0.231 e. The summed E-state index contributed by atoms with van der Waals surface area (Å²) in [7, 11) is 3.13. The predicted molar refractivity (Wildman–Crippen MR) is 134 cm³/mol. The molecule has 7 heteroatoms. The summed E-state index contributed by atoms with van der Waals surface area (Å²) in [6.07, 6.45) is 13.4. The fourth-order valence-electron chi connectivity index (χ4n) is 5.37. The van der Waals surface area contributed by atoms with Crippen LogP contribution in [0.4, 0.5) is 0 Å². The monoisotopic (exact) mass is 471 g/mol. The average Bonchev–Trinajstić information content (AvgIpc) is 2.84. The molecular formula is C27H41N3O4. The second-order valence-corrected chi connectivity index (χ2v) is 9.86. The molecule has 1 aromatic rings. The van der Waals surface area contributed by atoms with E-state index in [1.54, 1.807) is 26.4 Å². The van der Waals surface area contributed by atoms with Crippen molar-refractivity contribution in [2.24, 2.45) is 22.6 Å². The largest absolute Gasteiger partial charge is 0.493 e. The number of Topliss-reactive ketones (excluding diaryl/α,β-unsaturated/α-hetero) is 1. The highest BCUT2D eigenvalue weighted by molar-refractivity contribution is 5.98. The number of ketones is 1. The minimum atomic E-state index is -0.466. The molecule has 0 spiro atoms. The summed E-state index contributed by atoms with van der Waals surface area (Å²) in [5.74, 6) is 2.08. The van der Waals surface area contributed by atoms with E-state index >= 15 is 0 Å². The zero-order chi connectivity index (χ0) is 24.3. The molecule has 1 aromatic carbocycles. The van der Waals surface area contributed by atoms with Crippen LogP contribution in [0.2, 0.25) is 0 Å². The lowest BCUT2D eigenvalue weighted by Gasteiger charge is -2.26. The fraction of sp³-hybridized carbons (Fsp3) is 0.667. The number of benzene rings is 1. The average molecular weight is 472 g/mol. The number of guanidine groups is 1. The lowest BCUT2D eigenvalue weighted by atomic mass is 9.81. The number of nitrogens with zero attached hydrogens (tertiary/aromatic N) is 1. The van der Waals surface area contributed by atoms with Gasteiger partial charge in [0.25, 0.3) is 0 Å². The van der Waals surface area contributed by atoms with Crippen LogP contribution in [-0.2, 0) is 16.0 Å². The number of carbonyl (C=O) groups is 2. The summed E-state index contributed by atoms with van der Waals surface area (Å²) in [5.41, 5.74) is 6.90. The molecule has 0 bridgehead atoms. The van der Waals surface area contributed by atoms with Gasteiger partial charge in [0, 0.05) is 6.42 Å². The van der Waals surface area contributed by atoms with Gasteiger partial charge in [-0.05, 0) is 36.0 Å². The first-order chi connectivity index (χ1) is 16.5. The van der Waals surface area contributed by atoms with E-state index in [-0.39, 0.29) is 24.1 Å². The highest BCUT2D eigenvalue weighted by atomic mass is 16.5. The Hall–Kier alpha value is -2.57. The molecule has 7 nitrogen and oxygen atoms in total. The van der Waals surface area contributed by atoms with Crippen LogP contribution < -0.4 is 20.5 Å². The van der Waals surface area contributed by atoms with Gasteiger partial charge in [-0.3, -0.25) is 14.9 Å². The van der Waals surface area contributed by atoms with E-state index in [9.17, 15) is 9.59 Å². The van der Waals surface area contributed by atoms with Gasteiger partial charge in [-0.15, -0.1) is 0 Å². The third kappa shape index (κ3) is 8.03. The lowest BCUT2D eigenvalue weighted by molar-refractivity contribution is -0.122. The number of nitrogens with two attached hydrogens (primary N) is 1. The Kier molecular flexibility index (Phi) is 10.2. The Morgan fingerprint density at radius 3 is 2.21 bits per heavy atom. The maximum Gasteiger partial charge on any atom is 0.231 e. The van der Waals surface area contributed by atoms with Gasteiger partial charge in [-0.2, -0.15) is 0 Å². The number of carbonyl (C=O) groups excluding carboxylic acids is 2. The van der Waals surface area contributed by atoms with Crippen LogP contribution in [0, 0.1) is 11.8 Å². The molecule has 0 saturated heterocycles. The topological polar surface area (TPSA) is 103 Å². The van der Waals surface area contributed by atoms with Gasteiger partial charge in [0.15, 0.2) is 23.2 Å². The number of nitrogens with one attached hydrogen (secondary N) is 1. The van der Waals surface area contributed by atoms with E-state index in [4.69, 9.17) is 15.2 Å². The van der Waals surface area contributed by atoms with Gasteiger partial charge in [-0.1, -0.05) is 70.3 Å². The fourth-order valence-corrected chi connectivity index (χ4v) is 5.37. The van der Waals surface area contributed by atoms with E-state index in [2.05, 4.69) is 10.3 Å². The standard InChI is InChI=1S/C27H41N3O4/c1-33-24-14-13-21(17-25(24)34-2)18-26(32)30-27(28)29-22(15-19-9-5-3-6-10-19)23(31)16-20-11-7-4-8-12-20/h13-14,17,19-20,22H,3-12,15-16,18H2,1-2H3,(H3,28,29,30,32)/t22-/m1/s1. The maximum atomic E-state index is 13.2. The number of hydrogen-bond donors (Lipinski definition) is 2. The van der Waals surface area contributed by atoms with Crippen molar-refractivity contribution >= 4 is 17.6 Å². The van der Waals surface area contributed by atoms with Gasteiger partial charge in [0.05, 0.1) is 20.6 Å². The highest BCUT2D eigenvalue weighted by Gasteiger charge is 2.27. The molecule has 0 unspecified atom stereocenters. The molecular weight excluding hydrogens is 430 g/mol. The van der Waals surface area contributed by atoms with Crippen molar-refractivity contribution in [2.75, 3.05) is 14.2 Å². The van der Waals surface area contributed by atoms with Crippen LogP contribution in [0.25, 0.3) is 0 Å². The lowest BCUT2D eigenvalue weighted by Crippen LogP contribution is -2.40. The minimum Gasteiger partial charge on any atom is -0.493 e. The first-order valence-electron chi connectivity index (χ1n) is 12.8. The van der Waals surface area contributed by atoms with Gasteiger partial charge in [0.1, 0.15) is 6.04 Å². The van der Waals surface area contributed by atoms with Crippen LogP contribution in [0.1, 0.15) is 82.6 Å². The molecule has 34 heavy (non-hydrogen) atoms. The van der Waals surface area contributed by atoms with Crippen molar-refractivity contribution in [1.82, 2.24) is 5.32 Å². The second-order valence-electron chi connectivity index (χ2n) is 9.86. The third-order valence-electron chi connectivity index (χ3n) is 7.24. The number of methoxy groups -OCH3 is 2. The Bertz CT molecular complexity index is 842. The van der Waals surface area contributed by atoms with Gasteiger partial charge in [0.2, 0.25) is 5.91 Å². The summed E-state index contributed by atoms with van der Waals surface area (Å²) in [6, 6.07) is 4.88. The quantitative estimate of drug-likeness (QED) is 0.385. The first-order valence-corrected chi connectivity index (χ1v) is 12.8. The zero-order valence-electron chi connectivity index (χ0n) is 20.8. The number of amides is 1. The highest BCUT2D eigenvalue weighted by Crippen LogP contribution is 2.31. The van der Waals surface area contributed by atoms with Crippen molar-refractivity contribution < 1.29 is 19.1 Å². The molecule has 188 valence electrons. The van der Waals surface area contributed by atoms with Crippen LogP contribution in [0.5, 0.6) is 11.5 Å². The molecule has 0 aromatic heterocycles. The molecule has 3 N–H and O–H groups in total. The maximum absolute atomic E-state index is 13.2. The van der Waals surface area contributed by atoms with Crippen LogP contribution in [0.15, 0.2) is 23.2 Å². The van der Waals surface area contributed by atoms with Crippen molar-refractivity contribution in [2.45, 2.75) is 89.5 Å². The van der Waals surface area contributed by atoms with Gasteiger partial charge in [-0.25, -0.2) is 4.99 Å².